The van der Waals surface area contributed by atoms with Gasteiger partial charge in [0.25, 0.3) is 0 Å². The lowest BCUT2D eigenvalue weighted by atomic mass is 10.0. The first kappa shape index (κ1) is 9.95. The molecular weight excluding hydrogens is 144 g/mol. The van der Waals surface area contributed by atoms with E-state index in [2.05, 4.69) is 12.3 Å². The summed E-state index contributed by atoms with van der Waals surface area (Å²) in [6.07, 6.45) is 2.33. The molecule has 0 heterocycles. The molecule has 0 aromatic heterocycles. The van der Waals surface area contributed by atoms with Gasteiger partial charge >= 0.3 is 5.97 Å². The summed E-state index contributed by atoms with van der Waals surface area (Å²) < 4.78 is 0. The predicted molar refractivity (Wildman–Crippen MR) is 41.2 cm³/mol. The minimum Gasteiger partial charge on any atom is -0.481 e. The van der Waals surface area contributed by atoms with Gasteiger partial charge in [-0.3, -0.25) is 4.79 Å². The number of carboxylic acid groups (broad SMARTS) is 1. The molecule has 0 rings (SSSR count). The van der Waals surface area contributed by atoms with Crippen molar-refractivity contribution >= 4 is 5.97 Å². The fraction of sp³-hybridized carbons (Fsp3) is 0.500. The Morgan fingerprint density at radius 3 is 2.73 bits per heavy atom. The van der Waals surface area contributed by atoms with E-state index in [0.29, 0.717) is 12.8 Å². The number of aliphatic hydroxyl groups excluding tert-OH is 1. The molecule has 1 atom stereocenters. The summed E-state index contributed by atoms with van der Waals surface area (Å²) in [4.78, 5) is 10.4. The summed E-state index contributed by atoms with van der Waals surface area (Å²) in [6, 6.07) is 0. The largest absolute Gasteiger partial charge is 0.481 e. The normalized spacial score (nSPS) is 11.7. The fourth-order valence-electron chi connectivity index (χ4n) is 0.732. The Kier molecular flexibility index (Phi) is 5.17. The first-order chi connectivity index (χ1) is 5.22. The van der Waals surface area contributed by atoms with E-state index in [-0.39, 0.29) is 6.61 Å². The number of hydrogen-bond acceptors (Lipinski definition) is 2. The quantitative estimate of drug-likeness (QED) is 0.579. The predicted octanol–water partition coefficient (Wildman–Crippen LogP) is 0.801. The molecule has 0 spiro atoms. The molecule has 0 aliphatic rings. The molecule has 0 saturated heterocycles. The third-order valence-corrected chi connectivity index (χ3v) is 1.31. The van der Waals surface area contributed by atoms with Crippen LogP contribution in [0.5, 0.6) is 0 Å². The summed E-state index contributed by atoms with van der Waals surface area (Å²) in [6.45, 7) is 3.31. The van der Waals surface area contributed by atoms with Gasteiger partial charge in [0.1, 0.15) is 0 Å². The highest BCUT2D eigenvalue weighted by Gasteiger charge is 2.12. The molecule has 3 nitrogen and oxygen atoms in total. The molecule has 0 radical (unpaired) electrons. The number of hydrogen-bond donors (Lipinski definition) is 2. The lowest BCUT2D eigenvalue weighted by Crippen LogP contribution is -2.10. The maximum Gasteiger partial charge on any atom is 0.310 e. The number of carboxylic acids is 1. The van der Waals surface area contributed by atoms with Crippen LogP contribution in [0.1, 0.15) is 12.8 Å². The molecule has 3 heteroatoms. The maximum atomic E-state index is 10.4. The second-order valence-corrected chi connectivity index (χ2v) is 2.18. The summed E-state index contributed by atoms with van der Waals surface area (Å²) >= 11 is 0. The lowest BCUT2D eigenvalue weighted by molar-refractivity contribution is -0.140. The minimum atomic E-state index is -0.894. The Bertz CT molecular complexity index is 166. The van der Waals surface area contributed by atoms with Crippen molar-refractivity contribution in [2.75, 3.05) is 6.61 Å². The van der Waals surface area contributed by atoms with Crippen LogP contribution in [0.3, 0.4) is 0 Å². The SMILES string of the molecule is C=C=CC(CCCO)C(=O)O. The van der Waals surface area contributed by atoms with Crippen LogP contribution < -0.4 is 0 Å². The molecule has 0 aromatic carbocycles. The van der Waals surface area contributed by atoms with Gasteiger partial charge in [-0.1, -0.05) is 6.58 Å². The van der Waals surface area contributed by atoms with Crippen LogP contribution in [0.25, 0.3) is 0 Å². The first-order valence-corrected chi connectivity index (χ1v) is 3.42. The molecule has 0 aliphatic carbocycles. The van der Waals surface area contributed by atoms with E-state index in [1.54, 1.807) is 0 Å². The minimum absolute atomic E-state index is 0.0226. The molecule has 62 valence electrons. The van der Waals surface area contributed by atoms with E-state index in [4.69, 9.17) is 10.2 Å². The molecule has 0 bridgehead atoms. The van der Waals surface area contributed by atoms with Crippen molar-refractivity contribution in [2.45, 2.75) is 12.8 Å². The average Bonchev–Trinajstić information content (AvgIpc) is 1.97. The van der Waals surface area contributed by atoms with Crippen LogP contribution in [-0.2, 0) is 4.79 Å². The van der Waals surface area contributed by atoms with Crippen LogP contribution in [-0.4, -0.2) is 22.8 Å². The van der Waals surface area contributed by atoms with Crippen molar-refractivity contribution in [1.82, 2.24) is 0 Å². The fourth-order valence-corrected chi connectivity index (χ4v) is 0.732. The van der Waals surface area contributed by atoms with Crippen molar-refractivity contribution < 1.29 is 15.0 Å². The zero-order valence-electron chi connectivity index (χ0n) is 6.29. The molecule has 0 amide bonds. The molecular formula is C8H12O3. The van der Waals surface area contributed by atoms with Gasteiger partial charge in [-0.05, 0) is 18.9 Å². The number of aliphatic carboxylic acids is 1. The van der Waals surface area contributed by atoms with E-state index < -0.39 is 11.9 Å². The highest BCUT2D eigenvalue weighted by molar-refractivity contribution is 5.71. The number of rotatable bonds is 5. The van der Waals surface area contributed by atoms with Crippen LogP contribution in [0.15, 0.2) is 18.4 Å². The van der Waals surface area contributed by atoms with Gasteiger partial charge in [0.15, 0.2) is 0 Å². The highest BCUT2D eigenvalue weighted by atomic mass is 16.4. The molecule has 0 saturated carbocycles. The third-order valence-electron chi connectivity index (χ3n) is 1.31. The third kappa shape index (κ3) is 4.37. The van der Waals surface area contributed by atoms with E-state index >= 15 is 0 Å². The van der Waals surface area contributed by atoms with Gasteiger partial charge < -0.3 is 10.2 Å². The summed E-state index contributed by atoms with van der Waals surface area (Å²) in [5, 5.41) is 17.0. The van der Waals surface area contributed by atoms with Crippen LogP contribution in [0, 0.1) is 5.92 Å². The van der Waals surface area contributed by atoms with E-state index in [0.717, 1.165) is 0 Å². The molecule has 2 N–H and O–H groups in total. The van der Waals surface area contributed by atoms with Crippen molar-refractivity contribution in [3.05, 3.63) is 18.4 Å². The zero-order valence-corrected chi connectivity index (χ0v) is 6.29. The zero-order chi connectivity index (χ0) is 8.69. The van der Waals surface area contributed by atoms with Gasteiger partial charge in [-0.2, -0.15) is 0 Å². The van der Waals surface area contributed by atoms with E-state index in [1.165, 1.54) is 6.08 Å². The Morgan fingerprint density at radius 1 is 1.73 bits per heavy atom. The standard InChI is InChI=1S/C8H12O3/c1-2-4-7(8(10)11)5-3-6-9/h4,7,9H,1,3,5-6H2,(H,10,11). The average molecular weight is 156 g/mol. The van der Waals surface area contributed by atoms with Crippen molar-refractivity contribution in [1.29, 1.82) is 0 Å². The van der Waals surface area contributed by atoms with Gasteiger partial charge in [-0.25, -0.2) is 0 Å². The van der Waals surface area contributed by atoms with Crippen molar-refractivity contribution in [3.8, 4) is 0 Å². The monoisotopic (exact) mass is 156 g/mol. The van der Waals surface area contributed by atoms with Crippen LogP contribution >= 0.6 is 0 Å². The van der Waals surface area contributed by atoms with Crippen LogP contribution in [0.2, 0.25) is 0 Å². The molecule has 0 aromatic rings. The molecule has 0 fully saturated rings. The highest BCUT2D eigenvalue weighted by Crippen LogP contribution is 2.06. The van der Waals surface area contributed by atoms with Crippen molar-refractivity contribution in [3.63, 3.8) is 0 Å². The topological polar surface area (TPSA) is 57.5 Å². The van der Waals surface area contributed by atoms with E-state index in [9.17, 15) is 4.79 Å². The van der Waals surface area contributed by atoms with Gasteiger partial charge in [0, 0.05) is 6.61 Å². The molecule has 1 unspecified atom stereocenters. The Hall–Kier alpha value is -1.05. The second kappa shape index (κ2) is 5.71. The van der Waals surface area contributed by atoms with Gasteiger partial charge in [0.2, 0.25) is 0 Å². The number of carbonyl (C=O) groups is 1. The Balaban J connectivity index is 3.89. The Morgan fingerprint density at radius 2 is 2.36 bits per heavy atom. The molecule has 0 aliphatic heterocycles. The lowest BCUT2D eigenvalue weighted by Gasteiger charge is -2.03. The first-order valence-electron chi connectivity index (χ1n) is 3.42. The van der Waals surface area contributed by atoms with E-state index in [1.807, 2.05) is 0 Å². The Labute approximate surface area is 65.7 Å². The molecule has 11 heavy (non-hydrogen) atoms. The number of aliphatic hydroxyl groups is 1. The smallest absolute Gasteiger partial charge is 0.310 e. The van der Waals surface area contributed by atoms with Crippen LogP contribution in [0.4, 0.5) is 0 Å². The van der Waals surface area contributed by atoms with Crippen molar-refractivity contribution in [2.24, 2.45) is 5.92 Å². The van der Waals surface area contributed by atoms with Gasteiger partial charge in [-0.15, -0.1) is 5.73 Å². The van der Waals surface area contributed by atoms with Gasteiger partial charge in [0.05, 0.1) is 5.92 Å². The maximum absolute atomic E-state index is 10.4. The second-order valence-electron chi connectivity index (χ2n) is 2.18. The summed E-state index contributed by atoms with van der Waals surface area (Å²) in [5.41, 5.74) is 2.42. The summed E-state index contributed by atoms with van der Waals surface area (Å²) in [5.74, 6) is -1.45. The summed E-state index contributed by atoms with van der Waals surface area (Å²) in [7, 11) is 0.